The van der Waals surface area contributed by atoms with E-state index in [2.05, 4.69) is 5.32 Å². The highest BCUT2D eigenvalue weighted by Gasteiger charge is 2.43. The molecule has 0 spiro atoms. The number of hydrogen-bond donors (Lipinski definition) is 1. The van der Waals surface area contributed by atoms with Crippen molar-refractivity contribution in [1.29, 1.82) is 0 Å². The van der Waals surface area contributed by atoms with Gasteiger partial charge in [0, 0.05) is 18.1 Å². The summed E-state index contributed by atoms with van der Waals surface area (Å²) in [6.07, 6.45) is 4.69. The molecule has 1 aromatic carbocycles. The molecule has 3 atom stereocenters. The fourth-order valence-corrected chi connectivity index (χ4v) is 3.98. The van der Waals surface area contributed by atoms with Gasteiger partial charge in [-0.25, -0.2) is 0 Å². The molecule has 2 aliphatic carbocycles. The third-order valence-electron chi connectivity index (χ3n) is 4.81. The van der Waals surface area contributed by atoms with Crippen molar-refractivity contribution in [3.63, 3.8) is 0 Å². The molecule has 0 heterocycles. The molecule has 0 unspecified atom stereocenters. The van der Waals surface area contributed by atoms with E-state index in [0.29, 0.717) is 28.1 Å². The molecule has 1 aromatic rings. The van der Waals surface area contributed by atoms with Crippen LogP contribution in [0.3, 0.4) is 0 Å². The lowest BCUT2D eigenvalue weighted by atomic mass is 9.88. The third-order valence-corrected chi connectivity index (χ3v) is 5.10. The van der Waals surface area contributed by atoms with Crippen molar-refractivity contribution in [2.75, 3.05) is 19.5 Å². The first-order chi connectivity index (χ1) is 10.1. The highest BCUT2D eigenvalue weighted by atomic mass is 35.5. The second-order valence-corrected chi connectivity index (χ2v) is 6.36. The molecular formula is C16H20ClNO3. The van der Waals surface area contributed by atoms with Crippen LogP contribution in [-0.2, 0) is 4.79 Å². The first kappa shape index (κ1) is 14.5. The molecule has 2 fully saturated rings. The maximum Gasteiger partial charge on any atom is 0.227 e. The lowest BCUT2D eigenvalue weighted by Gasteiger charge is -2.21. The van der Waals surface area contributed by atoms with Gasteiger partial charge in [0.2, 0.25) is 5.91 Å². The van der Waals surface area contributed by atoms with Crippen molar-refractivity contribution >= 4 is 23.2 Å². The first-order valence-corrected chi connectivity index (χ1v) is 7.72. The Morgan fingerprint density at radius 3 is 2.52 bits per heavy atom. The summed E-state index contributed by atoms with van der Waals surface area (Å²) >= 11 is 6.08. The minimum atomic E-state index is 0.0878. The number of nitrogens with one attached hydrogen (secondary N) is 1. The summed E-state index contributed by atoms with van der Waals surface area (Å²) in [5, 5.41) is 3.45. The summed E-state index contributed by atoms with van der Waals surface area (Å²) in [5.41, 5.74) is 0.617. The molecule has 2 saturated carbocycles. The van der Waals surface area contributed by atoms with Crippen molar-refractivity contribution in [3.8, 4) is 11.5 Å². The zero-order valence-corrected chi connectivity index (χ0v) is 13.1. The first-order valence-electron chi connectivity index (χ1n) is 7.34. The van der Waals surface area contributed by atoms with Gasteiger partial charge in [-0.15, -0.1) is 0 Å². The maximum atomic E-state index is 12.5. The van der Waals surface area contributed by atoms with Crippen LogP contribution in [0.1, 0.15) is 25.7 Å². The van der Waals surface area contributed by atoms with Crippen LogP contribution in [0.25, 0.3) is 0 Å². The van der Waals surface area contributed by atoms with Gasteiger partial charge >= 0.3 is 0 Å². The number of carbonyl (C=O) groups is 1. The highest BCUT2D eigenvalue weighted by molar-refractivity contribution is 6.32. The molecule has 1 N–H and O–H groups in total. The van der Waals surface area contributed by atoms with E-state index in [1.807, 2.05) is 0 Å². The number of hydrogen-bond acceptors (Lipinski definition) is 3. The van der Waals surface area contributed by atoms with E-state index < -0.39 is 0 Å². The summed E-state index contributed by atoms with van der Waals surface area (Å²) in [6, 6.07) is 3.38. The fraction of sp³-hybridized carbons (Fsp3) is 0.562. The molecule has 0 radical (unpaired) electrons. The molecular weight excluding hydrogens is 290 g/mol. The van der Waals surface area contributed by atoms with Crippen LogP contribution >= 0.6 is 11.6 Å². The van der Waals surface area contributed by atoms with Gasteiger partial charge in [-0.1, -0.05) is 18.0 Å². The van der Waals surface area contributed by atoms with Gasteiger partial charge in [0.1, 0.15) is 11.5 Å². The molecule has 0 aromatic heterocycles. The maximum absolute atomic E-state index is 12.5. The molecule has 1 amide bonds. The Bertz CT molecular complexity index is 561. The largest absolute Gasteiger partial charge is 0.495 e. The van der Waals surface area contributed by atoms with Gasteiger partial charge in [-0.3, -0.25) is 4.79 Å². The summed E-state index contributed by atoms with van der Waals surface area (Å²) in [6.45, 7) is 0. The number of anilines is 1. The molecule has 3 rings (SSSR count). The standard InChI is InChI=1S/C16H20ClNO3/c1-20-14-8-13(15(21-2)7-12(14)17)18-16(19)11-6-9-3-4-10(11)5-9/h7-11H,3-6H2,1-2H3,(H,18,19)/t9-,10-,11-/m0/s1. The van der Waals surface area contributed by atoms with Crippen molar-refractivity contribution < 1.29 is 14.3 Å². The van der Waals surface area contributed by atoms with Gasteiger partial charge < -0.3 is 14.8 Å². The van der Waals surface area contributed by atoms with E-state index in [4.69, 9.17) is 21.1 Å². The van der Waals surface area contributed by atoms with Crippen molar-refractivity contribution in [2.24, 2.45) is 17.8 Å². The third kappa shape index (κ3) is 2.69. The van der Waals surface area contributed by atoms with Crippen LogP contribution in [-0.4, -0.2) is 20.1 Å². The zero-order valence-electron chi connectivity index (χ0n) is 12.3. The van der Waals surface area contributed by atoms with E-state index in [1.54, 1.807) is 26.4 Å². The summed E-state index contributed by atoms with van der Waals surface area (Å²) in [4.78, 5) is 12.5. The number of carbonyl (C=O) groups excluding carboxylic acids is 1. The minimum Gasteiger partial charge on any atom is -0.495 e. The van der Waals surface area contributed by atoms with Crippen molar-refractivity contribution in [2.45, 2.75) is 25.7 Å². The lowest BCUT2D eigenvalue weighted by molar-refractivity contribution is -0.121. The van der Waals surface area contributed by atoms with E-state index in [9.17, 15) is 4.79 Å². The van der Waals surface area contributed by atoms with E-state index >= 15 is 0 Å². The fourth-order valence-electron chi connectivity index (χ4n) is 3.75. The van der Waals surface area contributed by atoms with Gasteiger partial charge in [0.05, 0.1) is 24.9 Å². The van der Waals surface area contributed by atoms with Crippen LogP contribution in [0.2, 0.25) is 5.02 Å². The molecule has 114 valence electrons. The second kappa shape index (κ2) is 5.76. The SMILES string of the molecule is COc1cc(NC(=O)[C@H]2C[C@H]3CC[C@H]2C3)c(OC)cc1Cl. The van der Waals surface area contributed by atoms with Crippen LogP contribution in [0.5, 0.6) is 11.5 Å². The molecule has 4 nitrogen and oxygen atoms in total. The smallest absolute Gasteiger partial charge is 0.227 e. The number of amides is 1. The Morgan fingerprint density at radius 1 is 1.19 bits per heavy atom. The molecule has 21 heavy (non-hydrogen) atoms. The minimum absolute atomic E-state index is 0.0878. The Morgan fingerprint density at radius 2 is 1.95 bits per heavy atom. The number of fused-ring (bicyclic) bond motifs is 2. The quantitative estimate of drug-likeness (QED) is 0.922. The van der Waals surface area contributed by atoms with E-state index in [1.165, 1.54) is 19.3 Å². The number of ether oxygens (including phenoxy) is 2. The van der Waals surface area contributed by atoms with Gasteiger partial charge in [-0.05, 0) is 31.1 Å². The van der Waals surface area contributed by atoms with Crippen LogP contribution < -0.4 is 14.8 Å². The van der Waals surface area contributed by atoms with Crippen LogP contribution in [0.15, 0.2) is 12.1 Å². The lowest BCUT2D eigenvalue weighted by Crippen LogP contribution is -2.27. The number of benzene rings is 1. The summed E-state index contributed by atoms with van der Waals surface area (Å²) < 4.78 is 10.5. The number of rotatable bonds is 4. The molecule has 0 aliphatic heterocycles. The predicted molar refractivity (Wildman–Crippen MR) is 82.1 cm³/mol. The normalized spacial score (nSPS) is 26.7. The van der Waals surface area contributed by atoms with E-state index in [-0.39, 0.29) is 11.8 Å². The molecule has 5 heteroatoms. The molecule has 0 saturated heterocycles. The topological polar surface area (TPSA) is 47.6 Å². The summed E-state index contributed by atoms with van der Waals surface area (Å²) in [5.74, 6) is 2.60. The number of halogens is 1. The van der Waals surface area contributed by atoms with Crippen molar-refractivity contribution in [1.82, 2.24) is 0 Å². The number of methoxy groups -OCH3 is 2. The summed E-state index contributed by atoms with van der Waals surface area (Å²) in [7, 11) is 3.11. The molecule has 2 bridgehead atoms. The van der Waals surface area contributed by atoms with Crippen LogP contribution in [0, 0.1) is 17.8 Å². The average Bonchev–Trinajstić information content (AvgIpc) is 3.11. The predicted octanol–water partition coefficient (Wildman–Crippen LogP) is 3.73. The zero-order chi connectivity index (χ0) is 15.0. The van der Waals surface area contributed by atoms with Gasteiger partial charge in [0.25, 0.3) is 0 Å². The van der Waals surface area contributed by atoms with E-state index in [0.717, 1.165) is 12.3 Å². The Kier molecular flexibility index (Phi) is 3.98. The monoisotopic (exact) mass is 309 g/mol. The second-order valence-electron chi connectivity index (χ2n) is 5.96. The average molecular weight is 310 g/mol. The Balaban J connectivity index is 1.79. The van der Waals surface area contributed by atoms with Crippen LogP contribution in [0.4, 0.5) is 5.69 Å². The van der Waals surface area contributed by atoms with Crippen molar-refractivity contribution in [3.05, 3.63) is 17.2 Å². The Hall–Kier alpha value is -1.42. The van der Waals surface area contributed by atoms with Gasteiger partial charge in [-0.2, -0.15) is 0 Å². The van der Waals surface area contributed by atoms with Gasteiger partial charge in [0.15, 0.2) is 0 Å². The molecule has 2 aliphatic rings. The highest BCUT2D eigenvalue weighted by Crippen LogP contribution is 2.49. The Labute approximate surface area is 129 Å².